The van der Waals surface area contributed by atoms with Gasteiger partial charge in [0.25, 0.3) is 5.75 Å². The Balaban J connectivity index is 2.42. The van der Waals surface area contributed by atoms with Crippen LogP contribution < -0.4 is 5.43 Å². The van der Waals surface area contributed by atoms with Gasteiger partial charge in [-0.05, 0) is 12.1 Å². The second kappa shape index (κ2) is 4.31. The Bertz CT molecular complexity index is 850. The minimum absolute atomic E-state index is 0.0840. The Labute approximate surface area is 113 Å². The summed E-state index contributed by atoms with van der Waals surface area (Å²) in [5, 5.41) is 29.1. The first-order valence-corrected chi connectivity index (χ1v) is 5.87. The molecule has 5 nitrogen and oxygen atoms in total. The molecule has 0 aliphatic rings. The van der Waals surface area contributed by atoms with Crippen molar-refractivity contribution in [2.75, 3.05) is 0 Å². The van der Waals surface area contributed by atoms with Gasteiger partial charge in [0, 0.05) is 5.56 Å². The van der Waals surface area contributed by atoms with Crippen molar-refractivity contribution in [2.45, 2.75) is 0 Å². The molecule has 0 bridgehead atoms. The van der Waals surface area contributed by atoms with E-state index in [1.807, 2.05) is 6.07 Å². The zero-order valence-electron chi connectivity index (χ0n) is 10.2. The summed E-state index contributed by atoms with van der Waals surface area (Å²) in [6.45, 7) is 0. The third-order valence-corrected chi connectivity index (χ3v) is 3.04. The highest BCUT2D eigenvalue weighted by molar-refractivity contribution is 5.88. The number of phenolic OH excluding ortho intramolecular Hbond substituents is 2. The summed E-state index contributed by atoms with van der Waals surface area (Å²) < 4.78 is 5.51. The van der Waals surface area contributed by atoms with Gasteiger partial charge in [0.1, 0.15) is 5.58 Å². The van der Waals surface area contributed by atoms with Crippen LogP contribution in [-0.4, -0.2) is 20.1 Å². The molecule has 5 heteroatoms. The Morgan fingerprint density at radius 2 is 1.55 bits per heavy atom. The smallest absolute Gasteiger partial charge is 0.400 e. The molecule has 0 radical (unpaired) electrons. The molecule has 0 amide bonds. The van der Waals surface area contributed by atoms with Crippen LogP contribution in [0.3, 0.4) is 0 Å². The molecule has 3 rings (SSSR count). The minimum Gasteiger partial charge on any atom is -0.504 e. The molecule has 2 aromatic carbocycles. The number of aromatic hydroxyl groups is 3. The molecule has 1 aromatic heterocycles. The molecule has 0 atom stereocenters. The molecular formula is C15H11O5+. The predicted octanol–water partition coefficient (Wildman–Crippen LogP) is 2.22. The standard InChI is InChI=1S/C15H10O5/c16-9-6-7-10-11(12(9)17)13(18)14(19)15(20-10)8-4-2-1-3-5-8/h1-7,16-17,19H/p+1. The monoisotopic (exact) mass is 271 g/mol. The fourth-order valence-corrected chi connectivity index (χ4v) is 2.04. The molecule has 0 aliphatic heterocycles. The molecule has 0 spiro atoms. The van der Waals surface area contributed by atoms with Crippen molar-refractivity contribution in [3.8, 4) is 28.6 Å². The van der Waals surface area contributed by atoms with Crippen molar-refractivity contribution in [3.05, 3.63) is 47.9 Å². The summed E-state index contributed by atoms with van der Waals surface area (Å²) in [5.41, 5.74) is 0.183. The number of hydrogen-bond donors (Lipinski definition) is 3. The average molecular weight is 271 g/mol. The van der Waals surface area contributed by atoms with Gasteiger partial charge >= 0.3 is 5.43 Å². The van der Waals surface area contributed by atoms with Crippen molar-refractivity contribution >= 4 is 11.0 Å². The Morgan fingerprint density at radius 3 is 2.25 bits per heavy atom. The van der Waals surface area contributed by atoms with E-state index in [1.165, 1.54) is 12.1 Å². The van der Waals surface area contributed by atoms with E-state index in [4.69, 9.17) is 4.42 Å². The third kappa shape index (κ3) is 1.68. The van der Waals surface area contributed by atoms with Crippen LogP contribution in [0.4, 0.5) is 0 Å². The third-order valence-electron chi connectivity index (χ3n) is 3.04. The number of benzene rings is 2. The lowest BCUT2D eigenvalue weighted by molar-refractivity contribution is 0.398. The van der Waals surface area contributed by atoms with Crippen LogP contribution in [0.2, 0.25) is 0 Å². The maximum Gasteiger partial charge on any atom is 0.400 e. The maximum atomic E-state index is 10.0. The van der Waals surface area contributed by atoms with Gasteiger partial charge in [0.15, 0.2) is 22.6 Å². The van der Waals surface area contributed by atoms with Gasteiger partial charge < -0.3 is 19.7 Å². The average Bonchev–Trinajstić information content (AvgIpc) is 2.47. The fraction of sp³-hybridized carbons (Fsp3) is 0. The van der Waals surface area contributed by atoms with Crippen LogP contribution in [0, 0.1) is 0 Å². The fourth-order valence-electron chi connectivity index (χ4n) is 2.04. The number of phenols is 2. The van der Waals surface area contributed by atoms with E-state index in [2.05, 4.69) is 0 Å². The second-order valence-corrected chi connectivity index (χ2v) is 4.30. The number of fused-ring (bicyclic) bond motifs is 1. The highest BCUT2D eigenvalue weighted by Crippen LogP contribution is 2.36. The zero-order valence-corrected chi connectivity index (χ0v) is 10.2. The van der Waals surface area contributed by atoms with E-state index in [0.29, 0.717) is 5.56 Å². The summed E-state index contributed by atoms with van der Waals surface area (Å²) in [5.74, 6) is -1.36. The second-order valence-electron chi connectivity index (χ2n) is 4.30. The first-order valence-electron chi connectivity index (χ1n) is 5.87. The van der Waals surface area contributed by atoms with Crippen molar-refractivity contribution in [1.29, 1.82) is 0 Å². The van der Waals surface area contributed by atoms with E-state index >= 15 is 0 Å². The van der Waals surface area contributed by atoms with Crippen LogP contribution in [-0.2, 0) is 0 Å². The van der Waals surface area contributed by atoms with Gasteiger partial charge in [-0.3, -0.25) is 4.79 Å². The first kappa shape index (κ1) is 12.1. The van der Waals surface area contributed by atoms with Gasteiger partial charge in [0.05, 0.1) is 0 Å². The number of hydrogen-bond acceptors (Lipinski definition) is 4. The molecule has 20 heavy (non-hydrogen) atoms. The van der Waals surface area contributed by atoms with Crippen LogP contribution in [0.5, 0.6) is 17.2 Å². The van der Waals surface area contributed by atoms with Crippen molar-refractivity contribution in [2.24, 2.45) is 0 Å². The molecule has 1 heterocycles. The largest absolute Gasteiger partial charge is 0.504 e. The summed E-state index contributed by atoms with van der Waals surface area (Å²) in [6.07, 6.45) is 0. The van der Waals surface area contributed by atoms with Gasteiger partial charge in [-0.1, -0.05) is 30.3 Å². The minimum atomic E-state index is -0.543. The van der Waals surface area contributed by atoms with E-state index in [0.717, 1.165) is 0 Å². The van der Waals surface area contributed by atoms with Crippen LogP contribution in [0.15, 0.2) is 46.9 Å². The normalized spacial score (nSPS) is 10.8. The molecule has 0 saturated heterocycles. The van der Waals surface area contributed by atoms with E-state index in [-0.39, 0.29) is 16.7 Å². The molecule has 0 fully saturated rings. The lowest BCUT2D eigenvalue weighted by Crippen LogP contribution is -2.05. The lowest BCUT2D eigenvalue weighted by Gasteiger charge is -2.05. The molecule has 3 aromatic rings. The van der Waals surface area contributed by atoms with Gasteiger partial charge in [0.2, 0.25) is 0 Å². The molecule has 4 N–H and O–H groups in total. The lowest BCUT2D eigenvalue weighted by atomic mass is 10.1. The Hall–Kier alpha value is -2.95. The zero-order chi connectivity index (χ0) is 14.3. The van der Waals surface area contributed by atoms with Gasteiger partial charge in [-0.25, -0.2) is 0 Å². The molecule has 100 valence electrons. The highest BCUT2D eigenvalue weighted by atomic mass is 16.4. The van der Waals surface area contributed by atoms with Crippen molar-refractivity contribution < 1.29 is 24.5 Å². The van der Waals surface area contributed by atoms with E-state index in [1.54, 1.807) is 24.3 Å². The topological polar surface area (TPSA) is 95.2 Å². The summed E-state index contributed by atoms with van der Waals surface area (Å²) >= 11 is 0. The van der Waals surface area contributed by atoms with Crippen LogP contribution >= 0.6 is 0 Å². The van der Waals surface area contributed by atoms with Gasteiger partial charge in [-0.2, -0.15) is 0 Å². The SMILES string of the molecule is Oc1ccc2oc(-c3ccccc3)c(O)c(=[OH+])c2c1O. The molecule has 0 aliphatic carbocycles. The Kier molecular flexibility index (Phi) is 2.61. The number of rotatable bonds is 1. The first-order chi connectivity index (χ1) is 9.59. The van der Waals surface area contributed by atoms with Crippen molar-refractivity contribution in [1.82, 2.24) is 0 Å². The predicted molar refractivity (Wildman–Crippen MR) is 71.7 cm³/mol. The molecule has 0 unspecified atom stereocenters. The van der Waals surface area contributed by atoms with Gasteiger partial charge in [-0.15, -0.1) is 0 Å². The Morgan fingerprint density at radius 1 is 0.850 bits per heavy atom. The van der Waals surface area contributed by atoms with Crippen LogP contribution in [0.1, 0.15) is 0 Å². The highest BCUT2D eigenvalue weighted by Gasteiger charge is 2.23. The van der Waals surface area contributed by atoms with Crippen molar-refractivity contribution in [3.63, 3.8) is 0 Å². The van der Waals surface area contributed by atoms with E-state index < -0.39 is 22.7 Å². The maximum absolute atomic E-state index is 10.0. The molecular weight excluding hydrogens is 260 g/mol. The molecule has 0 saturated carbocycles. The van der Waals surface area contributed by atoms with Crippen LogP contribution in [0.25, 0.3) is 22.3 Å². The summed E-state index contributed by atoms with van der Waals surface area (Å²) in [4.78, 5) is 10.0. The summed E-state index contributed by atoms with van der Waals surface area (Å²) in [7, 11) is 0. The van der Waals surface area contributed by atoms with E-state index in [9.17, 15) is 20.1 Å². The summed E-state index contributed by atoms with van der Waals surface area (Å²) in [6, 6.07) is 11.4. The quantitative estimate of drug-likeness (QED) is 0.467.